The molecule has 0 aliphatic heterocycles. The number of benzene rings is 1. The molecule has 82 valence electrons. The van der Waals surface area contributed by atoms with Gasteiger partial charge < -0.3 is 5.32 Å². The van der Waals surface area contributed by atoms with E-state index in [1.165, 1.54) is 0 Å². The fourth-order valence-electron chi connectivity index (χ4n) is 1.40. The van der Waals surface area contributed by atoms with E-state index >= 15 is 0 Å². The van der Waals surface area contributed by atoms with E-state index in [9.17, 15) is 4.79 Å². The van der Waals surface area contributed by atoms with E-state index in [4.69, 9.17) is 0 Å². The summed E-state index contributed by atoms with van der Waals surface area (Å²) in [6.45, 7) is 5.92. The number of carbonyl (C=O) groups is 1. The molecule has 3 heteroatoms. The van der Waals surface area contributed by atoms with Crippen molar-refractivity contribution in [3.8, 4) is 0 Å². The highest BCUT2D eigenvalue weighted by Crippen LogP contribution is 2.20. The molecule has 1 rings (SSSR count). The molecular weight excluding hydrogens is 206 g/mol. The van der Waals surface area contributed by atoms with E-state index in [1.54, 1.807) is 0 Å². The van der Waals surface area contributed by atoms with E-state index in [1.807, 2.05) is 39.0 Å². The Morgan fingerprint density at radius 2 is 1.93 bits per heavy atom. The smallest absolute Gasteiger partial charge is 0.237 e. The van der Waals surface area contributed by atoms with Crippen LogP contribution >= 0.6 is 12.6 Å². The molecule has 0 saturated carbocycles. The van der Waals surface area contributed by atoms with Gasteiger partial charge in [-0.05, 0) is 31.4 Å². The third-order valence-electron chi connectivity index (χ3n) is 2.42. The molecule has 0 fully saturated rings. The maximum Gasteiger partial charge on any atom is 0.237 e. The number of carbonyl (C=O) groups excluding carboxylic acids is 1. The number of nitrogens with one attached hydrogen (secondary N) is 1. The first kappa shape index (κ1) is 12.1. The molecule has 0 saturated heterocycles. The van der Waals surface area contributed by atoms with Gasteiger partial charge >= 0.3 is 0 Å². The first-order chi connectivity index (χ1) is 7.06. The molecule has 0 aliphatic rings. The van der Waals surface area contributed by atoms with Crippen LogP contribution in [0.1, 0.15) is 24.5 Å². The molecule has 0 aliphatic carbocycles. The Labute approximate surface area is 96.5 Å². The minimum Gasteiger partial charge on any atom is -0.325 e. The second-order valence-corrected chi connectivity index (χ2v) is 4.30. The van der Waals surface area contributed by atoms with Gasteiger partial charge in [-0.1, -0.05) is 25.1 Å². The van der Waals surface area contributed by atoms with E-state index in [0.29, 0.717) is 0 Å². The highest BCUT2D eigenvalue weighted by Gasteiger charge is 2.13. The number of aryl methyl sites for hydroxylation is 2. The summed E-state index contributed by atoms with van der Waals surface area (Å²) in [4.78, 5) is 11.7. The third-order valence-corrected chi connectivity index (χ3v) is 3.02. The Bertz CT molecular complexity index is 342. The minimum absolute atomic E-state index is 0.0294. The number of anilines is 1. The van der Waals surface area contributed by atoms with Crippen LogP contribution in [0.25, 0.3) is 0 Å². The first-order valence-corrected chi connectivity index (χ1v) is 5.63. The van der Waals surface area contributed by atoms with Crippen LogP contribution in [0.4, 0.5) is 5.69 Å². The molecule has 0 radical (unpaired) electrons. The van der Waals surface area contributed by atoms with Crippen molar-refractivity contribution in [3.05, 3.63) is 29.3 Å². The van der Waals surface area contributed by atoms with Crippen molar-refractivity contribution in [1.29, 1.82) is 0 Å². The van der Waals surface area contributed by atoms with Gasteiger partial charge in [0.2, 0.25) is 5.91 Å². The van der Waals surface area contributed by atoms with Gasteiger partial charge in [0, 0.05) is 5.69 Å². The monoisotopic (exact) mass is 223 g/mol. The van der Waals surface area contributed by atoms with Crippen molar-refractivity contribution < 1.29 is 4.79 Å². The lowest BCUT2D eigenvalue weighted by Gasteiger charge is -2.13. The Morgan fingerprint density at radius 3 is 2.40 bits per heavy atom. The normalized spacial score (nSPS) is 12.3. The third kappa shape index (κ3) is 2.99. The van der Waals surface area contributed by atoms with Crippen LogP contribution in [0.15, 0.2) is 18.2 Å². The standard InChI is InChI=1S/C12H17NOS/c1-4-10(15)12(14)13-11-8(2)6-5-7-9(11)3/h5-7,10,15H,4H2,1-3H3,(H,13,14). The summed E-state index contributed by atoms with van der Waals surface area (Å²) >= 11 is 4.21. The summed E-state index contributed by atoms with van der Waals surface area (Å²) < 4.78 is 0. The largest absolute Gasteiger partial charge is 0.325 e. The van der Waals surface area contributed by atoms with Gasteiger partial charge in [0.25, 0.3) is 0 Å². The predicted octanol–water partition coefficient (Wildman–Crippen LogP) is 2.95. The van der Waals surface area contributed by atoms with Gasteiger partial charge in [-0.2, -0.15) is 12.6 Å². The lowest BCUT2D eigenvalue weighted by atomic mass is 10.1. The highest BCUT2D eigenvalue weighted by atomic mass is 32.1. The van der Waals surface area contributed by atoms with Crippen molar-refractivity contribution in [2.75, 3.05) is 5.32 Å². The average molecular weight is 223 g/mol. The Hall–Kier alpha value is -0.960. The van der Waals surface area contributed by atoms with Crippen LogP contribution in [0.5, 0.6) is 0 Å². The second-order valence-electron chi connectivity index (χ2n) is 3.68. The summed E-state index contributed by atoms with van der Waals surface area (Å²) in [6.07, 6.45) is 0.736. The van der Waals surface area contributed by atoms with Gasteiger partial charge in [-0.3, -0.25) is 4.79 Å². The molecule has 1 aromatic carbocycles. The maximum atomic E-state index is 11.7. The summed E-state index contributed by atoms with van der Waals surface area (Å²) in [5.74, 6) is -0.0294. The lowest BCUT2D eigenvalue weighted by molar-refractivity contribution is -0.115. The molecule has 0 bridgehead atoms. The van der Waals surface area contributed by atoms with E-state index in [0.717, 1.165) is 23.2 Å². The molecule has 1 unspecified atom stereocenters. The van der Waals surface area contributed by atoms with Crippen LogP contribution in [0.3, 0.4) is 0 Å². The summed E-state index contributed by atoms with van der Waals surface area (Å²) in [7, 11) is 0. The SMILES string of the molecule is CCC(S)C(=O)Nc1c(C)cccc1C. The lowest BCUT2D eigenvalue weighted by Crippen LogP contribution is -2.23. The zero-order valence-corrected chi connectivity index (χ0v) is 10.3. The number of rotatable bonds is 3. The fourth-order valence-corrected chi connectivity index (χ4v) is 1.47. The summed E-state index contributed by atoms with van der Waals surface area (Å²) in [5, 5.41) is 2.68. The van der Waals surface area contributed by atoms with Crippen molar-refractivity contribution in [1.82, 2.24) is 0 Å². The predicted molar refractivity (Wildman–Crippen MR) is 67.6 cm³/mol. The highest BCUT2D eigenvalue weighted by molar-refractivity contribution is 7.81. The maximum absolute atomic E-state index is 11.7. The number of amides is 1. The molecule has 15 heavy (non-hydrogen) atoms. The first-order valence-electron chi connectivity index (χ1n) is 5.11. The van der Waals surface area contributed by atoms with E-state index < -0.39 is 0 Å². The Morgan fingerprint density at radius 1 is 1.40 bits per heavy atom. The minimum atomic E-state index is -0.232. The number of hydrogen-bond donors (Lipinski definition) is 2. The molecule has 1 N–H and O–H groups in total. The van der Waals surface area contributed by atoms with Gasteiger partial charge in [-0.25, -0.2) is 0 Å². The van der Waals surface area contributed by atoms with Crippen LogP contribution < -0.4 is 5.32 Å². The number of thiol groups is 1. The molecule has 0 aromatic heterocycles. The van der Waals surface area contributed by atoms with Crippen molar-refractivity contribution >= 4 is 24.2 Å². The molecule has 0 spiro atoms. The van der Waals surface area contributed by atoms with Crippen molar-refractivity contribution in [3.63, 3.8) is 0 Å². The van der Waals surface area contributed by atoms with Crippen LogP contribution in [0, 0.1) is 13.8 Å². The van der Waals surface area contributed by atoms with E-state index in [-0.39, 0.29) is 11.2 Å². The molecule has 1 aromatic rings. The summed E-state index contributed by atoms with van der Waals surface area (Å²) in [5.41, 5.74) is 3.08. The van der Waals surface area contributed by atoms with Crippen LogP contribution in [-0.2, 0) is 4.79 Å². The molecule has 0 heterocycles. The van der Waals surface area contributed by atoms with Gasteiger partial charge in [0.1, 0.15) is 0 Å². The van der Waals surface area contributed by atoms with Gasteiger partial charge in [-0.15, -0.1) is 0 Å². The Kier molecular flexibility index (Phi) is 4.21. The molecule has 2 nitrogen and oxygen atoms in total. The number of hydrogen-bond acceptors (Lipinski definition) is 2. The summed E-state index contributed by atoms with van der Waals surface area (Å²) in [6, 6.07) is 5.96. The average Bonchev–Trinajstić information content (AvgIpc) is 2.22. The number of para-hydroxylation sites is 1. The topological polar surface area (TPSA) is 29.1 Å². The van der Waals surface area contributed by atoms with Crippen LogP contribution in [0.2, 0.25) is 0 Å². The van der Waals surface area contributed by atoms with Gasteiger partial charge in [0.15, 0.2) is 0 Å². The van der Waals surface area contributed by atoms with Crippen molar-refractivity contribution in [2.24, 2.45) is 0 Å². The van der Waals surface area contributed by atoms with E-state index in [2.05, 4.69) is 17.9 Å². The van der Waals surface area contributed by atoms with Gasteiger partial charge in [0.05, 0.1) is 5.25 Å². The molecule has 1 atom stereocenters. The molecular formula is C12H17NOS. The Balaban J connectivity index is 2.85. The molecule has 1 amide bonds. The van der Waals surface area contributed by atoms with Crippen molar-refractivity contribution in [2.45, 2.75) is 32.4 Å². The quantitative estimate of drug-likeness (QED) is 0.758. The zero-order chi connectivity index (χ0) is 11.4. The van der Waals surface area contributed by atoms with Crippen LogP contribution in [-0.4, -0.2) is 11.2 Å². The fraction of sp³-hybridized carbons (Fsp3) is 0.417. The second kappa shape index (κ2) is 5.21. The zero-order valence-electron chi connectivity index (χ0n) is 9.37.